The minimum Gasteiger partial charge on any atom is -0.497 e. The summed E-state index contributed by atoms with van der Waals surface area (Å²) in [5.74, 6) is 0.431. The third-order valence-electron chi connectivity index (χ3n) is 4.43. The Labute approximate surface area is 172 Å². The van der Waals surface area contributed by atoms with Crippen molar-refractivity contribution >= 4 is 11.6 Å². The zero-order valence-electron chi connectivity index (χ0n) is 16.3. The fourth-order valence-electron chi connectivity index (χ4n) is 2.80. The van der Waals surface area contributed by atoms with E-state index in [2.05, 4.69) is 10.4 Å². The molecule has 1 N–H and O–H groups in total. The smallest absolute Gasteiger partial charge is 0.269 e. The maximum absolute atomic E-state index is 12.2. The van der Waals surface area contributed by atoms with Crippen molar-refractivity contribution in [3.8, 4) is 17.0 Å². The molecule has 9 nitrogen and oxygen atoms in total. The summed E-state index contributed by atoms with van der Waals surface area (Å²) >= 11 is 0. The van der Waals surface area contributed by atoms with Gasteiger partial charge in [-0.2, -0.15) is 5.10 Å². The van der Waals surface area contributed by atoms with Crippen LogP contribution in [0.25, 0.3) is 11.3 Å². The van der Waals surface area contributed by atoms with Gasteiger partial charge in [-0.3, -0.25) is 19.7 Å². The Morgan fingerprint density at radius 1 is 1.10 bits per heavy atom. The van der Waals surface area contributed by atoms with E-state index in [9.17, 15) is 19.7 Å². The lowest BCUT2D eigenvalue weighted by molar-refractivity contribution is -0.384. The van der Waals surface area contributed by atoms with Gasteiger partial charge in [0.2, 0.25) is 5.91 Å². The van der Waals surface area contributed by atoms with Crippen LogP contribution in [0.4, 0.5) is 5.69 Å². The maximum Gasteiger partial charge on any atom is 0.269 e. The number of hydrogen-bond donors (Lipinski definition) is 1. The molecular weight excluding hydrogens is 388 g/mol. The van der Waals surface area contributed by atoms with Gasteiger partial charge >= 0.3 is 0 Å². The van der Waals surface area contributed by atoms with Gasteiger partial charge in [0.05, 0.1) is 17.7 Å². The van der Waals surface area contributed by atoms with Crippen molar-refractivity contribution in [3.63, 3.8) is 0 Å². The molecule has 0 spiro atoms. The van der Waals surface area contributed by atoms with E-state index >= 15 is 0 Å². The normalized spacial score (nSPS) is 10.4. The fraction of sp³-hybridized carbons (Fsp3) is 0.190. The van der Waals surface area contributed by atoms with Crippen molar-refractivity contribution in [2.24, 2.45) is 0 Å². The number of amides is 1. The van der Waals surface area contributed by atoms with Crippen LogP contribution >= 0.6 is 0 Å². The number of methoxy groups -OCH3 is 1. The van der Waals surface area contributed by atoms with Gasteiger partial charge in [0.15, 0.2) is 0 Å². The van der Waals surface area contributed by atoms with Crippen LogP contribution in [0, 0.1) is 10.1 Å². The Morgan fingerprint density at radius 2 is 1.80 bits per heavy atom. The number of carbonyl (C=O) groups excluding carboxylic acids is 1. The molecule has 0 aliphatic heterocycles. The highest BCUT2D eigenvalue weighted by Gasteiger charge is 2.10. The van der Waals surface area contributed by atoms with Gasteiger partial charge in [-0.05, 0) is 42.3 Å². The Kier molecular flexibility index (Phi) is 6.53. The molecule has 0 aliphatic carbocycles. The number of ether oxygens (including phenoxy) is 1. The zero-order chi connectivity index (χ0) is 21.5. The van der Waals surface area contributed by atoms with E-state index in [-0.39, 0.29) is 18.1 Å². The molecule has 9 heteroatoms. The lowest BCUT2D eigenvalue weighted by atomic mass is 10.1. The molecule has 0 saturated carbocycles. The summed E-state index contributed by atoms with van der Waals surface area (Å²) in [5, 5.41) is 17.7. The maximum atomic E-state index is 12.2. The topological polar surface area (TPSA) is 116 Å². The van der Waals surface area contributed by atoms with E-state index < -0.39 is 10.5 Å². The Hall–Kier alpha value is -4.01. The van der Waals surface area contributed by atoms with Gasteiger partial charge in [-0.1, -0.05) is 12.1 Å². The Morgan fingerprint density at radius 3 is 2.43 bits per heavy atom. The SMILES string of the molecule is COc1ccc(CCNC(=O)Cn2nc(-c3ccc([N+](=O)[O-])cc3)ccc2=O)cc1. The second kappa shape index (κ2) is 9.46. The number of nitrogens with zero attached hydrogens (tertiary/aromatic N) is 3. The van der Waals surface area contributed by atoms with E-state index in [0.717, 1.165) is 16.0 Å². The number of non-ortho nitro benzene ring substituents is 1. The van der Waals surface area contributed by atoms with Crippen LogP contribution in [0.5, 0.6) is 5.75 Å². The molecule has 0 fully saturated rings. The first-order valence-electron chi connectivity index (χ1n) is 9.19. The molecule has 0 saturated heterocycles. The van der Waals surface area contributed by atoms with Gasteiger partial charge in [0, 0.05) is 30.3 Å². The lowest BCUT2D eigenvalue weighted by Crippen LogP contribution is -2.34. The molecule has 0 radical (unpaired) electrons. The van der Waals surface area contributed by atoms with Gasteiger partial charge in [0.25, 0.3) is 11.2 Å². The first-order valence-corrected chi connectivity index (χ1v) is 9.19. The number of nitro groups is 1. The number of carbonyl (C=O) groups is 1. The van der Waals surface area contributed by atoms with Crippen LogP contribution in [-0.2, 0) is 17.8 Å². The number of rotatable bonds is 8. The summed E-state index contributed by atoms with van der Waals surface area (Å²) in [4.78, 5) is 34.6. The zero-order valence-corrected chi connectivity index (χ0v) is 16.3. The molecule has 1 heterocycles. The van der Waals surface area contributed by atoms with Crippen molar-refractivity contribution in [3.05, 3.63) is 86.7 Å². The number of benzene rings is 2. The molecule has 0 atom stereocenters. The molecule has 0 unspecified atom stereocenters. The molecular formula is C21H20N4O5. The van der Waals surface area contributed by atoms with Crippen LogP contribution in [0.15, 0.2) is 65.5 Å². The monoisotopic (exact) mass is 408 g/mol. The Bertz CT molecular complexity index is 1090. The second-order valence-electron chi connectivity index (χ2n) is 6.47. The summed E-state index contributed by atoms with van der Waals surface area (Å²) in [6.45, 7) is 0.199. The predicted octanol–water partition coefficient (Wildman–Crippen LogP) is 2.19. The quantitative estimate of drug-likeness (QED) is 0.451. The summed E-state index contributed by atoms with van der Waals surface area (Å²) < 4.78 is 6.18. The van der Waals surface area contributed by atoms with Crippen molar-refractivity contribution < 1.29 is 14.5 Å². The minimum absolute atomic E-state index is 0.0386. The van der Waals surface area contributed by atoms with Crippen LogP contribution < -0.4 is 15.6 Å². The van der Waals surface area contributed by atoms with E-state index in [1.54, 1.807) is 19.2 Å². The Balaban J connectivity index is 1.61. The number of nitrogens with one attached hydrogen (secondary N) is 1. The van der Waals surface area contributed by atoms with Crippen LogP contribution in [0.1, 0.15) is 5.56 Å². The largest absolute Gasteiger partial charge is 0.497 e. The highest BCUT2D eigenvalue weighted by Crippen LogP contribution is 2.19. The highest BCUT2D eigenvalue weighted by molar-refractivity contribution is 5.75. The fourth-order valence-corrected chi connectivity index (χ4v) is 2.80. The van der Waals surface area contributed by atoms with E-state index in [0.29, 0.717) is 24.2 Å². The van der Waals surface area contributed by atoms with E-state index in [1.165, 1.54) is 24.3 Å². The number of hydrogen-bond acceptors (Lipinski definition) is 6. The molecule has 0 bridgehead atoms. The van der Waals surface area contributed by atoms with E-state index in [4.69, 9.17) is 4.74 Å². The minimum atomic E-state index is -0.492. The average molecular weight is 408 g/mol. The van der Waals surface area contributed by atoms with E-state index in [1.807, 2.05) is 24.3 Å². The van der Waals surface area contributed by atoms with Gasteiger partial charge < -0.3 is 10.1 Å². The van der Waals surface area contributed by atoms with Crippen LogP contribution in [0.3, 0.4) is 0 Å². The average Bonchev–Trinajstić information content (AvgIpc) is 2.76. The third kappa shape index (κ3) is 5.28. The molecule has 1 amide bonds. The molecule has 3 rings (SSSR count). The summed E-state index contributed by atoms with van der Waals surface area (Å²) in [5.41, 5.74) is 1.64. The molecule has 2 aromatic carbocycles. The van der Waals surface area contributed by atoms with Gasteiger partial charge in [-0.15, -0.1) is 0 Å². The van der Waals surface area contributed by atoms with Crippen molar-refractivity contribution in [2.75, 3.05) is 13.7 Å². The predicted molar refractivity (Wildman–Crippen MR) is 110 cm³/mol. The van der Waals surface area contributed by atoms with Crippen molar-refractivity contribution in [1.82, 2.24) is 15.1 Å². The first-order chi connectivity index (χ1) is 14.5. The first kappa shape index (κ1) is 20.7. The molecule has 30 heavy (non-hydrogen) atoms. The lowest BCUT2D eigenvalue weighted by Gasteiger charge is -2.09. The second-order valence-corrected chi connectivity index (χ2v) is 6.47. The molecule has 154 valence electrons. The summed E-state index contributed by atoms with van der Waals surface area (Å²) in [6.07, 6.45) is 0.640. The molecule has 1 aromatic heterocycles. The summed E-state index contributed by atoms with van der Waals surface area (Å²) in [6, 6.07) is 16.2. The molecule has 0 aliphatic rings. The summed E-state index contributed by atoms with van der Waals surface area (Å²) in [7, 11) is 1.60. The van der Waals surface area contributed by atoms with Crippen molar-refractivity contribution in [1.29, 1.82) is 0 Å². The highest BCUT2D eigenvalue weighted by atomic mass is 16.6. The van der Waals surface area contributed by atoms with Gasteiger partial charge in [0.1, 0.15) is 12.3 Å². The van der Waals surface area contributed by atoms with Crippen LogP contribution in [0.2, 0.25) is 0 Å². The van der Waals surface area contributed by atoms with Crippen molar-refractivity contribution in [2.45, 2.75) is 13.0 Å². The third-order valence-corrected chi connectivity index (χ3v) is 4.43. The standard InChI is InChI=1S/C21H20N4O5/c1-30-18-8-2-15(3-9-18)12-13-22-20(26)14-24-21(27)11-10-19(23-24)16-4-6-17(7-5-16)25(28)29/h2-11H,12-14H2,1H3,(H,22,26). The van der Waals surface area contributed by atoms with Gasteiger partial charge in [-0.25, -0.2) is 4.68 Å². The number of nitro benzene ring substituents is 1. The molecule has 3 aromatic rings. The number of aromatic nitrogens is 2. The van der Waals surface area contributed by atoms with Crippen LogP contribution in [-0.4, -0.2) is 34.3 Å².